The molecule has 0 fully saturated rings. The Morgan fingerprint density at radius 2 is 2.00 bits per heavy atom. The van der Waals surface area contributed by atoms with E-state index in [1.165, 1.54) is 21.1 Å². The Hall–Kier alpha value is -1.89. The largest absolute Gasteiger partial charge is 0.497 e. The lowest BCUT2D eigenvalue weighted by Crippen LogP contribution is -2.44. The quantitative estimate of drug-likeness (QED) is 0.687. The molecule has 0 heterocycles. The third kappa shape index (κ3) is 4.34. The first kappa shape index (κ1) is 16.2. The maximum Gasteiger partial charge on any atom is 0.247 e. The second-order valence-corrected chi connectivity index (χ2v) is 4.36. The minimum absolute atomic E-state index is 0.192. The highest BCUT2D eigenvalue weighted by molar-refractivity contribution is 7.80. The molecular formula is C13H18N2O4S. The topological polar surface area (TPSA) is 76.7 Å². The Labute approximate surface area is 123 Å². The monoisotopic (exact) mass is 298 g/mol. The van der Waals surface area contributed by atoms with Crippen molar-refractivity contribution in [1.82, 2.24) is 5.32 Å². The van der Waals surface area contributed by atoms with Crippen molar-refractivity contribution < 1.29 is 19.1 Å². The van der Waals surface area contributed by atoms with Crippen LogP contribution in [0.5, 0.6) is 11.5 Å². The normalized spacial score (nSPS) is 11.4. The third-order valence-corrected chi connectivity index (χ3v) is 2.91. The Morgan fingerprint density at radius 1 is 1.30 bits per heavy atom. The maximum absolute atomic E-state index is 12.1. The second-order valence-electron chi connectivity index (χ2n) is 3.99. The molecule has 1 rings (SSSR count). The van der Waals surface area contributed by atoms with E-state index >= 15 is 0 Å². The zero-order chi connectivity index (χ0) is 15.1. The Bertz CT molecular complexity index is 493. The highest BCUT2D eigenvalue weighted by Crippen LogP contribution is 2.28. The summed E-state index contributed by atoms with van der Waals surface area (Å²) in [5, 5.41) is 5.20. The van der Waals surface area contributed by atoms with E-state index in [9.17, 15) is 9.59 Å². The van der Waals surface area contributed by atoms with Gasteiger partial charge in [0.2, 0.25) is 11.8 Å². The fourth-order valence-electron chi connectivity index (χ4n) is 1.57. The van der Waals surface area contributed by atoms with Gasteiger partial charge in [0.25, 0.3) is 0 Å². The van der Waals surface area contributed by atoms with Crippen LogP contribution in [-0.4, -0.2) is 37.8 Å². The van der Waals surface area contributed by atoms with Gasteiger partial charge in [-0.1, -0.05) is 0 Å². The van der Waals surface area contributed by atoms with Gasteiger partial charge in [0.05, 0.1) is 19.9 Å². The third-order valence-electron chi connectivity index (χ3n) is 2.54. The van der Waals surface area contributed by atoms with Crippen LogP contribution in [0.4, 0.5) is 5.69 Å². The molecule has 1 atom stereocenters. The van der Waals surface area contributed by atoms with Crippen LogP contribution in [0.2, 0.25) is 0 Å². The van der Waals surface area contributed by atoms with E-state index in [1.54, 1.807) is 18.2 Å². The molecule has 0 aromatic heterocycles. The highest BCUT2D eigenvalue weighted by Gasteiger charge is 2.19. The molecule has 0 spiro atoms. The van der Waals surface area contributed by atoms with Gasteiger partial charge in [-0.25, -0.2) is 0 Å². The van der Waals surface area contributed by atoms with E-state index in [1.807, 2.05) is 0 Å². The van der Waals surface area contributed by atoms with Gasteiger partial charge in [-0.3, -0.25) is 9.59 Å². The summed E-state index contributed by atoms with van der Waals surface area (Å²) in [5.74, 6) is 0.610. The predicted octanol–water partition coefficient (Wildman–Crippen LogP) is 1.08. The van der Waals surface area contributed by atoms with Crippen LogP contribution in [0.3, 0.4) is 0 Å². The summed E-state index contributed by atoms with van der Waals surface area (Å²) >= 11 is 4.05. The molecular weight excluding hydrogens is 280 g/mol. The smallest absolute Gasteiger partial charge is 0.247 e. The fraction of sp³-hybridized carbons (Fsp3) is 0.385. The van der Waals surface area contributed by atoms with E-state index in [-0.39, 0.29) is 17.6 Å². The molecule has 20 heavy (non-hydrogen) atoms. The molecule has 0 saturated heterocycles. The molecule has 1 unspecified atom stereocenters. The average molecular weight is 298 g/mol. The first-order valence-electron chi connectivity index (χ1n) is 5.92. The summed E-state index contributed by atoms with van der Waals surface area (Å²) in [6.45, 7) is 1.34. The number of rotatable bonds is 6. The molecule has 0 bridgehead atoms. The number of benzene rings is 1. The molecule has 2 N–H and O–H groups in total. The molecule has 0 aliphatic rings. The Morgan fingerprint density at radius 3 is 2.50 bits per heavy atom. The van der Waals surface area contributed by atoms with Gasteiger partial charge in [-0.05, 0) is 12.1 Å². The van der Waals surface area contributed by atoms with Crippen LogP contribution in [0.25, 0.3) is 0 Å². The first-order chi connectivity index (χ1) is 9.51. The lowest BCUT2D eigenvalue weighted by molar-refractivity contribution is -0.124. The van der Waals surface area contributed by atoms with Crippen molar-refractivity contribution in [1.29, 1.82) is 0 Å². The maximum atomic E-state index is 12.1. The van der Waals surface area contributed by atoms with Gasteiger partial charge in [0, 0.05) is 18.7 Å². The summed E-state index contributed by atoms with van der Waals surface area (Å²) in [7, 11) is 3.03. The minimum Gasteiger partial charge on any atom is -0.497 e. The Balaban J connectivity index is 2.90. The number of ether oxygens (including phenoxy) is 2. The average Bonchev–Trinajstić information content (AvgIpc) is 2.44. The SMILES string of the molecule is COc1ccc(OC)c(NC(=O)C(CS)NC(C)=O)c1. The lowest BCUT2D eigenvalue weighted by Gasteiger charge is -2.17. The zero-order valence-electron chi connectivity index (χ0n) is 11.6. The van der Waals surface area contributed by atoms with Crippen molar-refractivity contribution in [2.45, 2.75) is 13.0 Å². The number of thiol groups is 1. The van der Waals surface area contributed by atoms with Crippen LogP contribution < -0.4 is 20.1 Å². The van der Waals surface area contributed by atoms with Gasteiger partial charge in [0.15, 0.2) is 0 Å². The molecule has 0 saturated carbocycles. The number of nitrogens with one attached hydrogen (secondary N) is 2. The Kier molecular flexibility index (Phi) is 6.17. The molecule has 0 aliphatic heterocycles. The van der Waals surface area contributed by atoms with E-state index < -0.39 is 6.04 Å². The number of carbonyl (C=O) groups is 2. The number of amides is 2. The van der Waals surface area contributed by atoms with Gasteiger partial charge in [-0.15, -0.1) is 0 Å². The highest BCUT2D eigenvalue weighted by atomic mass is 32.1. The summed E-state index contributed by atoms with van der Waals surface area (Å²) in [6, 6.07) is 4.33. The van der Waals surface area contributed by atoms with Crippen molar-refractivity contribution in [2.75, 3.05) is 25.3 Å². The molecule has 0 radical (unpaired) electrons. The van der Waals surface area contributed by atoms with E-state index in [0.29, 0.717) is 17.2 Å². The van der Waals surface area contributed by atoms with Crippen LogP contribution in [0, 0.1) is 0 Å². The minimum atomic E-state index is -0.716. The van der Waals surface area contributed by atoms with Crippen molar-refractivity contribution in [2.24, 2.45) is 0 Å². The van der Waals surface area contributed by atoms with Crippen molar-refractivity contribution in [3.8, 4) is 11.5 Å². The second kappa shape index (κ2) is 7.64. The molecule has 1 aromatic rings. The first-order valence-corrected chi connectivity index (χ1v) is 6.56. The van der Waals surface area contributed by atoms with Crippen molar-refractivity contribution >= 4 is 30.1 Å². The summed E-state index contributed by atoms with van der Waals surface area (Å²) < 4.78 is 10.3. The summed E-state index contributed by atoms with van der Waals surface area (Å²) in [6.07, 6.45) is 0. The van der Waals surface area contributed by atoms with Gasteiger partial charge in [0.1, 0.15) is 17.5 Å². The lowest BCUT2D eigenvalue weighted by atomic mass is 10.2. The number of hydrogen-bond acceptors (Lipinski definition) is 5. The number of anilines is 1. The number of hydrogen-bond donors (Lipinski definition) is 3. The molecule has 7 heteroatoms. The van der Waals surface area contributed by atoms with Gasteiger partial charge >= 0.3 is 0 Å². The number of methoxy groups -OCH3 is 2. The fourth-order valence-corrected chi connectivity index (χ4v) is 1.83. The zero-order valence-corrected chi connectivity index (χ0v) is 12.5. The number of carbonyl (C=O) groups excluding carboxylic acids is 2. The van der Waals surface area contributed by atoms with Crippen LogP contribution in [-0.2, 0) is 9.59 Å². The molecule has 0 aliphatic carbocycles. The standard InChI is InChI=1S/C13H18N2O4S/c1-8(16)14-11(7-20)13(17)15-10-6-9(18-2)4-5-12(10)19-3/h4-6,11,20H,7H2,1-3H3,(H,14,16)(H,15,17). The van der Waals surface area contributed by atoms with E-state index in [0.717, 1.165) is 0 Å². The summed E-state index contributed by atoms with van der Waals surface area (Å²) in [5.41, 5.74) is 0.467. The van der Waals surface area contributed by atoms with Crippen LogP contribution in [0.15, 0.2) is 18.2 Å². The molecule has 2 amide bonds. The molecule has 1 aromatic carbocycles. The van der Waals surface area contributed by atoms with E-state index in [4.69, 9.17) is 9.47 Å². The van der Waals surface area contributed by atoms with Crippen LogP contribution in [0.1, 0.15) is 6.92 Å². The van der Waals surface area contributed by atoms with E-state index in [2.05, 4.69) is 23.3 Å². The van der Waals surface area contributed by atoms with Crippen LogP contribution >= 0.6 is 12.6 Å². The predicted molar refractivity (Wildman–Crippen MR) is 79.6 cm³/mol. The molecule has 110 valence electrons. The van der Waals surface area contributed by atoms with Gasteiger partial charge in [-0.2, -0.15) is 12.6 Å². The van der Waals surface area contributed by atoms with Crippen molar-refractivity contribution in [3.05, 3.63) is 18.2 Å². The molecule has 6 nitrogen and oxygen atoms in total. The van der Waals surface area contributed by atoms with Gasteiger partial charge < -0.3 is 20.1 Å². The summed E-state index contributed by atoms with van der Waals surface area (Å²) in [4.78, 5) is 23.1. The van der Waals surface area contributed by atoms with Crippen molar-refractivity contribution in [3.63, 3.8) is 0 Å².